The molecule has 0 spiro atoms. The van der Waals surface area contributed by atoms with Gasteiger partial charge in [-0.1, -0.05) is 53.9 Å². The van der Waals surface area contributed by atoms with Crippen LogP contribution in [0.2, 0.25) is 0 Å². The van der Waals surface area contributed by atoms with E-state index in [4.69, 9.17) is 9.47 Å². The summed E-state index contributed by atoms with van der Waals surface area (Å²) in [4.78, 5) is 23.8. The normalized spacial score (nSPS) is 41.3. The third-order valence-corrected chi connectivity index (χ3v) is 10.9. The highest BCUT2D eigenvalue weighted by atomic mass is 16.5. The number of hydrogen-bond acceptors (Lipinski definition) is 4. The number of carbonyl (C=O) groups excluding carboxylic acids is 2. The van der Waals surface area contributed by atoms with Gasteiger partial charge < -0.3 is 9.47 Å². The molecule has 4 aliphatic carbocycles. The average molecular weight is 487 g/mol. The standard InChI is InChI=1S/C31H50O4/c1-19(2)9-8-10-20(3)25-11-12-26-24-18-29(35-22(5)33)28-17-23(34-21(4)32)13-15-31(28,7)27(24)14-16-30(25,26)6/h17,19-20,23-27,29H,8-16,18H2,1-7H3. The van der Waals surface area contributed by atoms with Crippen LogP contribution in [0.15, 0.2) is 11.6 Å². The number of carbonyl (C=O) groups is 2. The Bertz CT molecular complexity index is 830. The summed E-state index contributed by atoms with van der Waals surface area (Å²) in [6, 6.07) is 0. The van der Waals surface area contributed by atoms with Crippen LogP contribution in [0.3, 0.4) is 0 Å². The van der Waals surface area contributed by atoms with Crippen LogP contribution in [0, 0.1) is 46.3 Å². The predicted octanol–water partition coefficient (Wildman–Crippen LogP) is 7.50. The fraction of sp³-hybridized carbons (Fsp3) is 0.871. The maximum absolute atomic E-state index is 12.2. The van der Waals surface area contributed by atoms with Gasteiger partial charge in [0, 0.05) is 13.8 Å². The van der Waals surface area contributed by atoms with Crippen LogP contribution in [0.25, 0.3) is 0 Å². The lowest BCUT2D eigenvalue weighted by Gasteiger charge is -2.60. The van der Waals surface area contributed by atoms with Gasteiger partial charge in [-0.05, 0) is 103 Å². The van der Waals surface area contributed by atoms with E-state index in [0.717, 1.165) is 42.9 Å². The minimum Gasteiger partial charge on any atom is -0.458 e. The topological polar surface area (TPSA) is 52.6 Å². The number of esters is 2. The summed E-state index contributed by atoms with van der Waals surface area (Å²) in [5, 5.41) is 0. The first-order chi connectivity index (χ1) is 16.5. The quantitative estimate of drug-likeness (QED) is 0.276. The molecule has 0 amide bonds. The molecule has 0 radical (unpaired) electrons. The largest absolute Gasteiger partial charge is 0.458 e. The molecule has 0 aromatic heterocycles. The minimum absolute atomic E-state index is 0.0297. The molecule has 0 bridgehead atoms. The number of ether oxygens (including phenoxy) is 2. The highest BCUT2D eigenvalue weighted by molar-refractivity contribution is 5.67. The molecule has 4 aliphatic rings. The summed E-state index contributed by atoms with van der Waals surface area (Å²) in [6.07, 6.45) is 13.9. The van der Waals surface area contributed by atoms with Crippen molar-refractivity contribution in [3.05, 3.63) is 11.6 Å². The van der Waals surface area contributed by atoms with E-state index in [-0.39, 0.29) is 29.6 Å². The lowest BCUT2D eigenvalue weighted by Crippen LogP contribution is -2.55. The summed E-state index contributed by atoms with van der Waals surface area (Å²) >= 11 is 0. The van der Waals surface area contributed by atoms with Gasteiger partial charge in [0.2, 0.25) is 0 Å². The van der Waals surface area contributed by atoms with E-state index in [1.165, 1.54) is 64.4 Å². The molecule has 0 aliphatic heterocycles. The molecule has 35 heavy (non-hydrogen) atoms. The van der Waals surface area contributed by atoms with Gasteiger partial charge in [0.05, 0.1) is 0 Å². The Hall–Kier alpha value is -1.32. The molecule has 3 saturated carbocycles. The first-order valence-electron chi connectivity index (χ1n) is 14.5. The Balaban J connectivity index is 1.58. The van der Waals surface area contributed by atoms with E-state index in [9.17, 15) is 9.59 Å². The lowest BCUT2D eigenvalue weighted by atomic mass is 9.46. The maximum Gasteiger partial charge on any atom is 0.303 e. The van der Waals surface area contributed by atoms with Crippen molar-refractivity contribution < 1.29 is 19.1 Å². The van der Waals surface area contributed by atoms with Gasteiger partial charge in [-0.25, -0.2) is 0 Å². The fourth-order valence-corrected chi connectivity index (χ4v) is 9.36. The molecule has 3 fully saturated rings. The smallest absolute Gasteiger partial charge is 0.303 e. The Morgan fingerprint density at radius 2 is 1.66 bits per heavy atom. The van der Waals surface area contributed by atoms with Crippen molar-refractivity contribution >= 4 is 11.9 Å². The zero-order chi connectivity index (χ0) is 25.5. The van der Waals surface area contributed by atoms with Crippen LogP contribution in [0.5, 0.6) is 0 Å². The maximum atomic E-state index is 12.2. The monoisotopic (exact) mass is 486 g/mol. The van der Waals surface area contributed by atoms with Crippen molar-refractivity contribution in [2.75, 3.05) is 0 Å². The molecule has 0 saturated heterocycles. The molecular weight excluding hydrogens is 436 g/mol. The molecule has 4 rings (SSSR count). The second-order valence-electron chi connectivity index (χ2n) is 13.5. The van der Waals surface area contributed by atoms with Crippen LogP contribution in [0.4, 0.5) is 0 Å². The van der Waals surface area contributed by atoms with Gasteiger partial charge in [-0.2, -0.15) is 0 Å². The summed E-state index contributed by atoms with van der Waals surface area (Å²) in [5.74, 6) is 3.93. The van der Waals surface area contributed by atoms with E-state index < -0.39 is 0 Å². The number of rotatable bonds is 7. The van der Waals surface area contributed by atoms with Crippen molar-refractivity contribution in [3.63, 3.8) is 0 Å². The Morgan fingerprint density at radius 1 is 0.943 bits per heavy atom. The van der Waals surface area contributed by atoms with Gasteiger partial charge in [0.1, 0.15) is 12.2 Å². The first-order valence-corrected chi connectivity index (χ1v) is 14.5. The van der Waals surface area contributed by atoms with Crippen LogP contribution in [-0.2, 0) is 19.1 Å². The van der Waals surface area contributed by atoms with Crippen molar-refractivity contribution in [2.45, 2.75) is 125 Å². The zero-order valence-corrected chi connectivity index (χ0v) is 23.4. The summed E-state index contributed by atoms with van der Waals surface area (Å²) in [5.41, 5.74) is 1.67. The molecular formula is C31H50O4. The lowest BCUT2D eigenvalue weighted by molar-refractivity contribution is -0.155. The van der Waals surface area contributed by atoms with Crippen molar-refractivity contribution in [1.29, 1.82) is 0 Å². The third-order valence-electron chi connectivity index (χ3n) is 10.9. The molecule has 4 nitrogen and oxygen atoms in total. The van der Waals surface area contributed by atoms with Gasteiger partial charge in [-0.3, -0.25) is 9.59 Å². The number of fused-ring (bicyclic) bond motifs is 5. The summed E-state index contributed by atoms with van der Waals surface area (Å²) in [7, 11) is 0. The average Bonchev–Trinajstić information content (AvgIpc) is 3.11. The molecule has 9 atom stereocenters. The predicted molar refractivity (Wildman–Crippen MR) is 140 cm³/mol. The summed E-state index contributed by atoms with van der Waals surface area (Å²) in [6.45, 7) is 15.2. The SMILES string of the molecule is CC(=O)OC1C=C2C(OC(C)=O)CC3C(CCC4(C)C(C(C)CCCC(C)C)CCC34)C2(C)CC1. The molecule has 4 heteroatoms. The minimum atomic E-state index is -0.235. The van der Waals surface area contributed by atoms with E-state index in [1.54, 1.807) is 0 Å². The summed E-state index contributed by atoms with van der Waals surface area (Å²) < 4.78 is 11.6. The highest BCUT2D eigenvalue weighted by Crippen LogP contribution is 2.68. The first kappa shape index (κ1) is 26.7. The van der Waals surface area contributed by atoms with Gasteiger partial charge in [0.25, 0.3) is 0 Å². The molecule has 0 aromatic rings. The highest BCUT2D eigenvalue weighted by Gasteiger charge is 2.61. The van der Waals surface area contributed by atoms with E-state index >= 15 is 0 Å². The Labute approximate surface area is 214 Å². The van der Waals surface area contributed by atoms with Gasteiger partial charge in [-0.15, -0.1) is 0 Å². The molecule has 0 heterocycles. The van der Waals surface area contributed by atoms with Crippen LogP contribution < -0.4 is 0 Å². The van der Waals surface area contributed by atoms with Crippen molar-refractivity contribution in [2.24, 2.45) is 46.3 Å². The van der Waals surface area contributed by atoms with Crippen molar-refractivity contribution in [3.8, 4) is 0 Å². The second-order valence-corrected chi connectivity index (χ2v) is 13.5. The van der Waals surface area contributed by atoms with E-state index in [0.29, 0.717) is 17.3 Å². The van der Waals surface area contributed by atoms with E-state index in [1.807, 2.05) is 0 Å². The van der Waals surface area contributed by atoms with Crippen LogP contribution in [-0.4, -0.2) is 24.1 Å². The van der Waals surface area contributed by atoms with Crippen LogP contribution in [0.1, 0.15) is 113 Å². The molecule has 9 unspecified atom stereocenters. The zero-order valence-electron chi connectivity index (χ0n) is 23.4. The Morgan fingerprint density at radius 3 is 2.31 bits per heavy atom. The molecule has 0 aromatic carbocycles. The molecule has 0 N–H and O–H groups in total. The Kier molecular flexibility index (Phi) is 7.80. The second kappa shape index (κ2) is 10.2. The van der Waals surface area contributed by atoms with Crippen LogP contribution >= 0.6 is 0 Å². The molecule has 198 valence electrons. The fourth-order valence-electron chi connectivity index (χ4n) is 9.36. The van der Waals surface area contributed by atoms with Crippen molar-refractivity contribution in [1.82, 2.24) is 0 Å². The number of hydrogen-bond donors (Lipinski definition) is 0. The van der Waals surface area contributed by atoms with E-state index in [2.05, 4.69) is 40.7 Å². The van der Waals surface area contributed by atoms with Gasteiger partial charge in [0.15, 0.2) is 0 Å². The third kappa shape index (κ3) is 5.10. The van der Waals surface area contributed by atoms with Gasteiger partial charge >= 0.3 is 11.9 Å².